The molecule has 242 valence electrons. The molecular weight excluding hydrogens is 616 g/mol. The smallest absolute Gasteiger partial charge is 0.448 e. The van der Waals surface area contributed by atoms with E-state index in [1.165, 1.54) is 24.3 Å². The van der Waals surface area contributed by atoms with Gasteiger partial charge in [0.05, 0.1) is 31.6 Å². The maximum Gasteiger partial charge on any atom is 0.448 e. The molecule has 0 radical (unpaired) electrons. The van der Waals surface area contributed by atoms with Gasteiger partial charge in [0, 0.05) is 5.57 Å². The van der Waals surface area contributed by atoms with Crippen molar-refractivity contribution < 1.29 is 24.2 Å². The average molecular weight is 651 g/mol. The normalized spacial score (nSPS) is 15.8. The summed E-state index contributed by atoms with van der Waals surface area (Å²) in [5.74, 6) is -2.62. The molecule has 1 unspecified atom stereocenters. The van der Waals surface area contributed by atoms with E-state index in [9.17, 15) is 29.1 Å². The quantitative estimate of drug-likeness (QED) is 0.177. The Balaban J connectivity index is 2.10. The van der Waals surface area contributed by atoms with Crippen LogP contribution < -0.4 is 22.2 Å². The number of benzene rings is 2. The van der Waals surface area contributed by atoms with E-state index in [-0.39, 0.29) is 16.4 Å². The SMILES string of the molecule is COC(=O)C1(C(=O)OC)n2c(=O)n(-c3ccccc3)c(=O)n2C(=C(C(C)(C)C)C(C)(C)C)[S+]1n1nc([O-])n(-c2ccccc2)c1=O. The van der Waals surface area contributed by atoms with Gasteiger partial charge in [0.15, 0.2) is 0 Å². The van der Waals surface area contributed by atoms with E-state index in [0.717, 1.165) is 28.0 Å². The number of rotatable bonds is 5. The van der Waals surface area contributed by atoms with Crippen molar-refractivity contribution in [3.05, 3.63) is 97.7 Å². The standard InChI is InChI=1S/C31H34N6O8S/c1-29(2,3)21(30(4,5)6)22-35-26(41)34(20-17-13-10-14-18-20)27(42)36(35)31(23(38)44-7,24(39)45-8)46(22)37-28(43)33(25(40)32-37)19-15-11-9-12-16-19/h9-18H,1-8H3. The fraction of sp³-hybridized carbons (Fsp3) is 0.355. The molecule has 2 aromatic carbocycles. The minimum absolute atomic E-state index is 0.0487. The first-order valence-electron chi connectivity index (χ1n) is 14.2. The van der Waals surface area contributed by atoms with Crippen molar-refractivity contribution in [3.63, 3.8) is 0 Å². The molecule has 4 aromatic rings. The van der Waals surface area contributed by atoms with E-state index >= 15 is 0 Å². The second kappa shape index (κ2) is 11.1. The maximum absolute atomic E-state index is 14.5. The summed E-state index contributed by atoms with van der Waals surface area (Å²) in [6.45, 7) is 11.1. The summed E-state index contributed by atoms with van der Waals surface area (Å²) >= 11 is -2.32. The van der Waals surface area contributed by atoms with E-state index in [4.69, 9.17) is 9.47 Å². The van der Waals surface area contributed by atoms with Crippen LogP contribution in [0.15, 0.2) is 80.6 Å². The first-order chi connectivity index (χ1) is 21.5. The zero-order valence-corrected chi connectivity index (χ0v) is 27.4. The predicted molar refractivity (Wildman–Crippen MR) is 168 cm³/mol. The van der Waals surface area contributed by atoms with Gasteiger partial charge < -0.3 is 14.6 Å². The third kappa shape index (κ3) is 4.56. The highest BCUT2D eigenvalue weighted by molar-refractivity contribution is 8.06. The molecule has 1 atom stereocenters. The van der Waals surface area contributed by atoms with Crippen LogP contribution in [0, 0.1) is 10.8 Å². The van der Waals surface area contributed by atoms with Crippen molar-refractivity contribution in [3.8, 4) is 17.4 Å². The molecule has 0 aliphatic carbocycles. The minimum Gasteiger partial charge on any atom is -0.844 e. The van der Waals surface area contributed by atoms with Crippen molar-refractivity contribution in [2.24, 2.45) is 10.8 Å². The number of ether oxygens (including phenoxy) is 2. The van der Waals surface area contributed by atoms with Crippen LogP contribution in [-0.4, -0.2) is 53.8 Å². The summed E-state index contributed by atoms with van der Waals surface area (Å²) in [4.78, 5) is 68.8. The number of hydrogen-bond donors (Lipinski definition) is 0. The van der Waals surface area contributed by atoms with Crippen molar-refractivity contribution >= 4 is 28.0 Å². The van der Waals surface area contributed by atoms with Gasteiger partial charge in [-0.15, -0.1) is 14.5 Å². The summed E-state index contributed by atoms with van der Waals surface area (Å²) in [5.41, 5.74) is -3.80. The Bertz CT molecular complexity index is 2020. The lowest BCUT2D eigenvalue weighted by molar-refractivity contribution is -0.284. The number of nitrogens with zero attached hydrogens (tertiary/aromatic N) is 6. The Labute approximate surface area is 266 Å². The van der Waals surface area contributed by atoms with Gasteiger partial charge in [-0.2, -0.15) is 0 Å². The Kier molecular flexibility index (Phi) is 7.79. The van der Waals surface area contributed by atoms with E-state index in [2.05, 4.69) is 5.10 Å². The lowest BCUT2D eigenvalue weighted by Gasteiger charge is -2.33. The van der Waals surface area contributed by atoms with Crippen LogP contribution in [0.3, 0.4) is 0 Å². The van der Waals surface area contributed by atoms with Crippen molar-refractivity contribution in [2.75, 3.05) is 14.2 Å². The molecule has 1 aliphatic rings. The van der Waals surface area contributed by atoms with Crippen LogP contribution in [0.2, 0.25) is 0 Å². The second-order valence-corrected chi connectivity index (χ2v) is 14.5. The zero-order chi connectivity index (χ0) is 33.9. The van der Waals surface area contributed by atoms with Crippen LogP contribution in [0.4, 0.5) is 0 Å². The predicted octanol–water partition coefficient (Wildman–Crippen LogP) is 1.58. The third-order valence-electron chi connectivity index (χ3n) is 7.46. The number of fused-ring (bicyclic) bond motifs is 1. The van der Waals surface area contributed by atoms with Crippen LogP contribution in [-0.2, 0) is 35.0 Å². The summed E-state index contributed by atoms with van der Waals surface area (Å²) < 4.78 is 14.2. The van der Waals surface area contributed by atoms with E-state index in [1.807, 2.05) is 41.5 Å². The summed E-state index contributed by atoms with van der Waals surface area (Å²) in [6, 6.07) is 14.9. The fourth-order valence-electron chi connectivity index (χ4n) is 6.11. The fourth-order valence-corrected chi connectivity index (χ4v) is 9.13. The highest BCUT2D eigenvalue weighted by Crippen LogP contribution is 2.51. The minimum atomic E-state index is -2.83. The first kappa shape index (κ1) is 32.3. The van der Waals surface area contributed by atoms with Crippen molar-refractivity contribution in [1.82, 2.24) is 27.7 Å². The summed E-state index contributed by atoms with van der Waals surface area (Å²) in [5, 5.41) is 17.4. The van der Waals surface area contributed by atoms with Crippen LogP contribution in [0.5, 0.6) is 6.01 Å². The topological polar surface area (TPSA) is 164 Å². The van der Waals surface area contributed by atoms with Gasteiger partial charge in [-0.1, -0.05) is 77.9 Å². The largest absolute Gasteiger partial charge is 0.844 e. The van der Waals surface area contributed by atoms with Gasteiger partial charge in [-0.25, -0.2) is 28.5 Å². The molecular formula is C31H34N6O8S. The van der Waals surface area contributed by atoms with Gasteiger partial charge >= 0.3 is 33.9 Å². The monoisotopic (exact) mass is 650 g/mol. The van der Waals surface area contributed by atoms with Gasteiger partial charge in [-0.3, -0.25) is 4.57 Å². The zero-order valence-electron chi connectivity index (χ0n) is 26.6. The number of hydrogen-bond acceptors (Lipinski definition) is 9. The Morgan fingerprint density at radius 2 is 1.20 bits per heavy atom. The Hall–Kier alpha value is -5.05. The maximum atomic E-state index is 14.5. The van der Waals surface area contributed by atoms with Gasteiger partial charge in [0.2, 0.25) is 11.1 Å². The molecule has 0 saturated heterocycles. The molecule has 0 bridgehead atoms. The molecule has 0 spiro atoms. The van der Waals surface area contributed by atoms with Gasteiger partial charge in [-0.05, 0) is 39.2 Å². The Morgan fingerprint density at radius 3 is 1.63 bits per heavy atom. The molecule has 1 aliphatic heterocycles. The molecule has 14 nitrogen and oxygen atoms in total. The van der Waals surface area contributed by atoms with Gasteiger partial charge in [0.1, 0.15) is 0 Å². The third-order valence-corrected chi connectivity index (χ3v) is 9.85. The molecule has 5 rings (SSSR count). The number of allylic oxidation sites excluding steroid dienone is 1. The molecule has 0 fully saturated rings. The van der Waals surface area contributed by atoms with Crippen LogP contribution in [0.1, 0.15) is 41.5 Å². The molecule has 0 saturated carbocycles. The molecule has 15 heteroatoms. The van der Waals surface area contributed by atoms with Crippen molar-refractivity contribution in [2.45, 2.75) is 46.4 Å². The summed E-state index contributed by atoms with van der Waals surface area (Å²) in [6.07, 6.45) is 0. The highest BCUT2D eigenvalue weighted by Gasteiger charge is 2.78. The molecule has 0 N–H and O–H groups in total. The first-order valence-corrected chi connectivity index (χ1v) is 15.4. The number of methoxy groups -OCH3 is 2. The molecule has 2 aromatic heterocycles. The number of esters is 2. The molecule has 0 amide bonds. The molecule has 46 heavy (non-hydrogen) atoms. The number of carbonyl (C=O) groups excluding carboxylic acids is 2. The van der Waals surface area contributed by atoms with E-state index < -0.39 is 61.8 Å². The average Bonchev–Trinajstić information content (AvgIpc) is 3.56. The van der Waals surface area contributed by atoms with Crippen LogP contribution >= 0.6 is 0 Å². The number of aromatic nitrogens is 6. The Morgan fingerprint density at radius 1 is 0.739 bits per heavy atom. The van der Waals surface area contributed by atoms with E-state index in [1.54, 1.807) is 36.4 Å². The molecule has 3 heterocycles. The lowest BCUT2D eigenvalue weighted by Crippen LogP contribution is -2.59. The summed E-state index contributed by atoms with van der Waals surface area (Å²) in [7, 11) is 1.99. The van der Waals surface area contributed by atoms with Crippen molar-refractivity contribution in [1.29, 1.82) is 0 Å². The van der Waals surface area contributed by atoms with Crippen LogP contribution in [0.25, 0.3) is 16.4 Å². The van der Waals surface area contributed by atoms with Gasteiger partial charge in [0.25, 0.3) is 5.03 Å². The number of para-hydroxylation sites is 2. The lowest BCUT2D eigenvalue weighted by atomic mass is 9.72. The highest BCUT2D eigenvalue weighted by atomic mass is 32.2. The van der Waals surface area contributed by atoms with E-state index in [0.29, 0.717) is 14.3 Å². The second-order valence-electron chi connectivity index (χ2n) is 12.6. The number of carbonyl (C=O) groups is 2.